The molecule has 1 fully saturated rings. The van der Waals surface area contributed by atoms with Crippen molar-refractivity contribution in [3.8, 4) is 5.75 Å². The van der Waals surface area contributed by atoms with Crippen LogP contribution in [0.25, 0.3) is 0 Å². The fourth-order valence-corrected chi connectivity index (χ4v) is 2.64. The van der Waals surface area contributed by atoms with Crippen LogP contribution in [0.4, 0.5) is 0 Å². The minimum absolute atomic E-state index is 0.0170. The van der Waals surface area contributed by atoms with Crippen molar-refractivity contribution in [1.29, 1.82) is 0 Å². The zero-order valence-corrected chi connectivity index (χ0v) is 13.4. The van der Waals surface area contributed by atoms with E-state index in [2.05, 4.69) is 0 Å². The summed E-state index contributed by atoms with van der Waals surface area (Å²) in [6.45, 7) is 1.69. The fourth-order valence-electron chi connectivity index (χ4n) is 2.51. The minimum atomic E-state index is -0.0792. The Bertz CT molecular complexity index is 645. The summed E-state index contributed by atoms with van der Waals surface area (Å²) in [7, 11) is 0. The first-order valence-electron chi connectivity index (χ1n) is 7.55. The van der Waals surface area contributed by atoms with Crippen LogP contribution < -0.4 is 4.74 Å². The lowest BCUT2D eigenvalue weighted by atomic mass is 10.1. The summed E-state index contributed by atoms with van der Waals surface area (Å²) in [5.74, 6) is 0.597. The molecule has 0 unspecified atom stereocenters. The molecule has 23 heavy (non-hydrogen) atoms. The van der Waals surface area contributed by atoms with E-state index in [-0.39, 0.29) is 18.6 Å². The molecule has 1 amide bonds. The number of rotatable bonds is 4. The van der Waals surface area contributed by atoms with Gasteiger partial charge < -0.3 is 14.4 Å². The van der Waals surface area contributed by atoms with Crippen LogP contribution in [-0.2, 0) is 9.53 Å². The smallest absolute Gasteiger partial charge is 0.260 e. The summed E-state index contributed by atoms with van der Waals surface area (Å²) >= 11 is 5.83. The highest BCUT2D eigenvalue weighted by Crippen LogP contribution is 2.22. The Morgan fingerprint density at radius 2 is 1.91 bits per heavy atom. The van der Waals surface area contributed by atoms with E-state index in [9.17, 15) is 4.79 Å². The fraction of sp³-hybridized carbons (Fsp3) is 0.278. The van der Waals surface area contributed by atoms with E-state index in [1.807, 2.05) is 30.3 Å². The van der Waals surface area contributed by atoms with Crippen molar-refractivity contribution in [3.63, 3.8) is 0 Å². The first-order chi connectivity index (χ1) is 11.2. The largest absolute Gasteiger partial charge is 0.484 e. The van der Waals surface area contributed by atoms with Crippen LogP contribution in [0.2, 0.25) is 5.02 Å². The molecule has 3 rings (SSSR count). The number of ether oxygens (including phenoxy) is 2. The van der Waals surface area contributed by atoms with Gasteiger partial charge in [-0.15, -0.1) is 0 Å². The van der Waals surface area contributed by atoms with E-state index in [4.69, 9.17) is 21.1 Å². The third-order valence-corrected chi connectivity index (χ3v) is 4.02. The molecule has 1 aliphatic rings. The Morgan fingerprint density at radius 3 is 2.65 bits per heavy atom. The third-order valence-electron chi connectivity index (χ3n) is 3.77. The van der Waals surface area contributed by atoms with Crippen molar-refractivity contribution in [3.05, 3.63) is 65.2 Å². The Labute approximate surface area is 140 Å². The summed E-state index contributed by atoms with van der Waals surface area (Å²) < 4.78 is 11.3. The zero-order valence-electron chi connectivity index (χ0n) is 12.7. The molecule has 4 nitrogen and oxygen atoms in total. The first-order valence-corrected chi connectivity index (χ1v) is 7.93. The molecule has 1 heterocycles. The lowest BCUT2D eigenvalue weighted by Crippen LogP contribution is -2.44. The molecule has 2 aromatic rings. The summed E-state index contributed by atoms with van der Waals surface area (Å²) in [5.41, 5.74) is 1.09. The predicted octanol–water partition coefficient (Wildman–Crippen LogP) is 3.32. The van der Waals surface area contributed by atoms with Crippen molar-refractivity contribution < 1.29 is 14.3 Å². The number of morpholine rings is 1. The summed E-state index contributed by atoms with van der Waals surface area (Å²) in [5, 5.41) is 0.641. The van der Waals surface area contributed by atoms with Gasteiger partial charge in [-0.3, -0.25) is 4.79 Å². The quantitative estimate of drug-likeness (QED) is 0.862. The van der Waals surface area contributed by atoms with Crippen molar-refractivity contribution in [2.45, 2.75) is 6.10 Å². The molecule has 0 N–H and O–H groups in total. The molecule has 1 aliphatic heterocycles. The highest BCUT2D eigenvalue weighted by molar-refractivity contribution is 6.30. The average Bonchev–Trinajstić information content (AvgIpc) is 2.62. The summed E-state index contributed by atoms with van der Waals surface area (Å²) in [6, 6.07) is 16.9. The van der Waals surface area contributed by atoms with E-state index in [1.165, 1.54) is 0 Å². The predicted molar refractivity (Wildman–Crippen MR) is 88.7 cm³/mol. The van der Waals surface area contributed by atoms with Gasteiger partial charge in [-0.25, -0.2) is 0 Å². The van der Waals surface area contributed by atoms with Crippen LogP contribution in [0.15, 0.2) is 54.6 Å². The Kier molecular flexibility index (Phi) is 5.16. The van der Waals surface area contributed by atoms with E-state index in [1.54, 1.807) is 29.2 Å². The average molecular weight is 332 g/mol. The number of hydrogen-bond acceptors (Lipinski definition) is 3. The monoisotopic (exact) mass is 331 g/mol. The van der Waals surface area contributed by atoms with Crippen LogP contribution in [0.3, 0.4) is 0 Å². The molecule has 0 bridgehead atoms. The van der Waals surface area contributed by atoms with Gasteiger partial charge in [0.2, 0.25) is 0 Å². The van der Waals surface area contributed by atoms with Crippen LogP contribution >= 0.6 is 11.6 Å². The molecular weight excluding hydrogens is 314 g/mol. The Hall–Kier alpha value is -2.04. The molecule has 0 saturated carbocycles. The van der Waals surface area contributed by atoms with Gasteiger partial charge in [0.15, 0.2) is 6.61 Å². The van der Waals surface area contributed by atoms with Crippen molar-refractivity contribution >= 4 is 17.5 Å². The number of halogens is 1. The topological polar surface area (TPSA) is 38.8 Å². The van der Waals surface area contributed by atoms with Gasteiger partial charge in [0.05, 0.1) is 13.2 Å². The molecule has 0 aromatic heterocycles. The van der Waals surface area contributed by atoms with Crippen LogP contribution in [0.1, 0.15) is 11.7 Å². The van der Waals surface area contributed by atoms with Crippen molar-refractivity contribution in [2.75, 3.05) is 26.3 Å². The van der Waals surface area contributed by atoms with Crippen molar-refractivity contribution in [1.82, 2.24) is 4.90 Å². The highest BCUT2D eigenvalue weighted by atomic mass is 35.5. The zero-order chi connectivity index (χ0) is 16.1. The molecular formula is C18H18ClNO3. The molecule has 0 aliphatic carbocycles. The highest BCUT2D eigenvalue weighted by Gasteiger charge is 2.25. The van der Waals surface area contributed by atoms with E-state index in [0.717, 1.165) is 5.56 Å². The SMILES string of the molecule is O=C(COc1ccc(Cl)cc1)N1CCO[C@H](c2ccccc2)C1. The summed E-state index contributed by atoms with van der Waals surface area (Å²) in [4.78, 5) is 14.1. The first kappa shape index (κ1) is 15.8. The Morgan fingerprint density at radius 1 is 1.17 bits per heavy atom. The van der Waals surface area contributed by atoms with Gasteiger partial charge in [-0.05, 0) is 29.8 Å². The maximum absolute atomic E-state index is 12.3. The molecule has 1 saturated heterocycles. The maximum Gasteiger partial charge on any atom is 0.260 e. The number of carbonyl (C=O) groups is 1. The van der Waals surface area contributed by atoms with E-state index in [0.29, 0.717) is 30.5 Å². The van der Waals surface area contributed by atoms with Gasteiger partial charge in [0, 0.05) is 11.6 Å². The normalized spacial score (nSPS) is 17.8. The number of nitrogens with zero attached hydrogens (tertiary/aromatic N) is 1. The number of carbonyl (C=O) groups excluding carboxylic acids is 1. The minimum Gasteiger partial charge on any atom is -0.484 e. The second-order valence-electron chi connectivity index (χ2n) is 5.35. The van der Waals surface area contributed by atoms with Crippen LogP contribution in [0, 0.1) is 0 Å². The third kappa shape index (κ3) is 4.24. The maximum atomic E-state index is 12.3. The number of benzene rings is 2. The van der Waals surface area contributed by atoms with Gasteiger partial charge >= 0.3 is 0 Å². The molecule has 120 valence electrons. The molecule has 0 radical (unpaired) electrons. The summed E-state index contributed by atoms with van der Waals surface area (Å²) in [6.07, 6.45) is -0.0792. The van der Waals surface area contributed by atoms with Crippen LogP contribution in [0.5, 0.6) is 5.75 Å². The molecule has 0 spiro atoms. The standard InChI is InChI=1S/C18H18ClNO3/c19-15-6-8-16(9-7-15)23-13-18(21)20-10-11-22-17(12-20)14-4-2-1-3-5-14/h1-9,17H,10-13H2/t17-/m0/s1. The molecule has 2 aromatic carbocycles. The molecule has 5 heteroatoms. The second-order valence-corrected chi connectivity index (χ2v) is 5.79. The van der Waals surface area contributed by atoms with Gasteiger partial charge in [-0.1, -0.05) is 41.9 Å². The molecule has 1 atom stereocenters. The lowest BCUT2D eigenvalue weighted by molar-refractivity contribution is -0.141. The van der Waals surface area contributed by atoms with Crippen LogP contribution in [-0.4, -0.2) is 37.1 Å². The van der Waals surface area contributed by atoms with Gasteiger partial charge in [0.1, 0.15) is 11.9 Å². The van der Waals surface area contributed by atoms with E-state index < -0.39 is 0 Å². The lowest BCUT2D eigenvalue weighted by Gasteiger charge is -2.33. The number of hydrogen-bond donors (Lipinski definition) is 0. The second kappa shape index (κ2) is 7.49. The van der Waals surface area contributed by atoms with Crippen molar-refractivity contribution in [2.24, 2.45) is 0 Å². The van der Waals surface area contributed by atoms with Gasteiger partial charge in [-0.2, -0.15) is 0 Å². The van der Waals surface area contributed by atoms with E-state index >= 15 is 0 Å². The Balaban J connectivity index is 1.55. The van der Waals surface area contributed by atoms with Gasteiger partial charge in [0.25, 0.3) is 5.91 Å². The number of amides is 1.